The summed E-state index contributed by atoms with van der Waals surface area (Å²) >= 11 is 11.9. The van der Waals surface area contributed by atoms with Gasteiger partial charge in [-0.3, -0.25) is 14.9 Å². The summed E-state index contributed by atoms with van der Waals surface area (Å²) in [5.74, 6) is -0.0733. The zero-order chi connectivity index (χ0) is 25.5. The highest BCUT2D eigenvalue weighted by Crippen LogP contribution is 2.30. The maximum absolute atomic E-state index is 12.6. The van der Waals surface area contributed by atoms with E-state index in [1.807, 2.05) is 66.4 Å². The molecular weight excluding hydrogens is 492 g/mol. The van der Waals surface area contributed by atoms with E-state index >= 15 is 0 Å². The average Bonchev–Trinajstić information content (AvgIpc) is 2.89. The zero-order valence-electron chi connectivity index (χ0n) is 20.2. The molecule has 2 amide bonds. The molecule has 8 heteroatoms. The van der Waals surface area contributed by atoms with Gasteiger partial charge in [0, 0.05) is 43.9 Å². The topological polar surface area (TPSA) is 64.7 Å². The fraction of sp³-hybridized carbons (Fsp3) is 0.250. The zero-order valence-corrected chi connectivity index (χ0v) is 21.7. The lowest BCUT2D eigenvalue weighted by Crippen LogP contribution is -2.48. The first kappa shape index (κ1) is 25.7. The summed E-state index contributed by atoms with van der Waals surface area (Å²) in [5, 5.41) is 6.52. The molecule has 1 aliphatic rings. The molecule has 0 unspecified atom stereocenters. The molecule has 2 N–H and O–H groups in total. The summed E-state index contributed by atoms with van der Waals surface area (Å²) in [7, 11) is 0. The van der Waals surface area contributed by atoms with E-state index in [-0.39, 0.29) is 16.9 Å². The van der Waals surface area contributed by atoms with Crippen molar-refractivity contribution in [2.75, 3.05) is 36.4 Å². The summed E-state index contributed by atoms with van der Waals surface area (Å²) in [5.41, 5.74) is 4.25. The minimum absolute atomic E-state index is 0.194. The van der Waals surface area contributed by atoms with Crippen molar-refractivity contribution >= 4 is 52.1 Å². The van der Waals surface area contributed by atoms with Crippen LogP contribution in [0.4, 0.5) is 11.4 Å². The fourth-order valence-corrected chi connectivity index (χ4v) is 4.70. The van der Waals surface area contributed by atoms with Gasteiger partial charge in [-0.05, 0) is 60.1 Å². The number of halogens is 1. The van der Waals surface area contributed by atoms with Gasteiger partial charge in [-0.25, -0.2) is 0 Å². The van der Waals surface area contributed by atoms with Gasteiger partial charge in [-0.2, -0.15) is 0 Å². The molecule has 6 nitrogen and oxygen atoms in total. The molecule has 1 aliphatic heterocycles. The number of carbonyl (C=O) groups excluding carboxylic acids is 2. The molecule has 1 fully saturated rings. The van der Waals surface area contributed by atoms with Crippen molar-refractivity contribution in [2.45, 2.75) is 19.8 Å². The van der Waals surface area contributed by atoms with Crippen LogP contribution < -0.4 is 15.5 Å². The van der Waals surface area contributed by atoms with E-state index in [0.29, 0.717) is 35.8 Å². The van der Waals surface area contributed by atoms with Crippen molar-refractivity contribution < 1.29 is 9.59 Å². The Kier molecular flexibility index (Phi) is 8.57. The molecule has 3 aromatic carbocycles. The smallest absolute Gasteiger partial charge is 0.257 e. The van der Waals surface area contributed by atoms with E-state index in [2.05, 4.69) is 15.5 Å². The molecule has 0 atom stereocenters. The largest absolute Gasteiger partial charge is 0.367 e. The maximum atomic E-state index is 12.6. The van der Waals surface area contributed by atoms with Crippen LogP contribution in [0.25, 0.3) is 11.1 Å². The second-order valence-electron chi connectivity index (χ2n) is 8.64. The van der Waals surface area contributed by atoms with Crippen LogP contribution in [0.15, 0.2) is 72.8 Å². The van der Waals surface area contributed by atoms with Crippen LogP contribution in [0, 0.1) is 0 Å². The van der Waals surface area contributed by atoms with E-state index in [9.17, 15) is 9.59 Å². The maximum Gasteiger partial charge on any atom is 0.257 e. The number of hydrogen-bond donors (Lipinski definition) is 2. The molecule has 36 heavy (non-hydrogen) atoms. The van der Waals surface area contributed by atoms with Crippen molar-refractivity contribution in [3.63, 3.8) is 0 Å². The summed E-state index contributed by atoms with van der Waals surface area (Å²) in [6, 6.07) is 23.0. The quantitative estimate of drug-likeness (QED) is 0.415. The van der Waals surface area contributed by atoms with Gasteiger partial charge in [0.1, 0.15) is 0 Å². The highest BCUT2D eigenvalue weighted by molar-refractivity contribution is 7.80. The fourth-order valence-electron chi connectivity index (χ4n) is 4.19. The number of carbonyl (C=O) groups is 2. The molecule has 4 rings (SSSR count). The van der Waals surface area contributed by atoms with Crippen molar-refractivity contribution in [2.24, 2.45) is 0 Å². The van der Waals surface area contributed by atoms with Gasteiger partial charge in [0.05, 0.1) is 10.7 Å². The Morgan fingerprint density at radius 2 is 1.58 bits per heavy atom. The Morgan fingerprint density at radius 3 is 2.22 bits per heavy atom. The second-order valence-corrected chi connectivity index (χ2v) is 9.45. The van der Waals surface area contributed by atoms with Gasteiger partial charge < -0.3 is 15.1 Å². The van der Waals surface area contributed by atoms with Gasteiger partial charge in [0.15, 0.2) is 5.11 Å². The van der Waals surface area contributed by atoms with E-state index in [0.717, 1.165) is 36.3 Å². The van der Waals surface area contributed by atoms with Crippen LogP contribution in [0.5, 0.6) is 0 Å². The Hall–Kier alpha value is -3.42. The molecule has 0 aromatic heterocycles. The van der Waals surface area contributed by atoms with Gasteiger partial charge in [0.2, 0.25) is 5.91 Å². The Bertz CT molecular complexity index is 1230. The van der Waals surface area contributed by atoms with Crippen molar-refractivity contribution in [3.05, 3.63) is 83.4 Å². The molecule has 0 bridgehead atoms. The lowest BCUT2D eigenvalue weighted by Gasteiger charge is -2.36. The van der Waals surface area contributed by atoms with Gasteiger partial charge in [0.25, 0.3) is 5.91 Å². The average molecular weight is 521 g/mol. The molecule has 0 radical (unpaired) electrons. The number of nitrogens with one attached hydrogen (secondary N) is 2. The Morgan fingerprint density at radius 1 is 0.917 bits per heavy atom. The molecule has 1 saturated heterocycles. The van der Waals surface area contributed by atoms with Gasteiger partial charge in [-0.15, -0.1) is 0 Å². The predicted molar refractivity (Wildman–Crippen MR) is 151 cm³/mol. The summed E-state index contributed by atoms with van der Waals surface area (Å²) in [6.07, 6.45) is 1.46. The van der Waals surface area contributed by atoms with Gasteiger partial charge >= 0.3 is 0 Å². The number of nitrogens with zero attached hydrogens (tertiary/aromatic N) is 2. The molecule has 0 saturated carbocycles. The van der Waals surface area contributed by atoms with Crippen LogP contribution in [-0.4, -0.2) is 48.0 Å². The molecule has 186 valence electrons. The van der Waals surface area contributed by atoms with Gasteiger partial charge in [-0.1, -0.05) is 61.0 Å². The third-order valence-corrected chi connectivity index (χ3v) is 6.63. The van der Waals surface area contributed by atoms with E-state index < -0.39 is 0 Å². The van der Waals surface area contributed by atoms with Crippen molar-refractivity contribution in [1.29, 1.82) is 0 Å². The molecule has 0 aliphatic carbocycles. The second kappa shape index (κ2) is 12.0. The summed E-state index contributed by atoms with van der Waals surface area (Å²) in [6.45, 7) is 4.87. The number of thiocarbonyl (C=S) groups is 1. The summed E-state index contributed by atoms with van der Waals surface area (Å²) in [4.78, 5) is 28.9. The number of hydrogen-bond acceptors (Lipinski definition) is 4. The Balaban J connectivity index is 1.31. The standard InChI is InChI=1S/C28H29ClN4O2S/c1-2-6-26(34)33-17-15-32(16-18-33)25-14-13-23(19-24(25)29)30-28(36)31-27(35)22-11-9-21(10-12-22)20-7-4-3-5-8-20/h3-5,7-14,19H,2,6,15-18H2,1H3,(H2,30,31,35,36). The van der Waals surface area contributed by atoms with Crippen LogP contribution >= 0.6 is 23.8 Å². The van der Waals surface area contributed by atoms with Crippen LogP contribution in [0.1, 0.15) is 30.1 Å². The lowest BCUT2D eigenvalue weighted by molar-refractivity contribution is -0.131. The first-order valence-corrected chi connectivity index (χ1v) is 12.8. The third-order valence-electron chi connectivity index (χ3n) is 6.12. The SMILES string of the molecule is CCCC(=O)N1CCN(c2ccc(NC(=S)NC(=O)c3ccc(-c4ccccc4)cc3)cc2Cl)CC1. The number of rotatable bonds is 6. The van der Waals surface area contributed by atoms with Crippen molar-refractivity contribution in [1.82, 2.24) is 10.2 Å². The molecule has 0 spiro atoms. The molecule has 1 heterocycles. The number of amides is 2. The van der Waals surface area contributed by atoms with E-state index in [1.165, 1.54) is 0 Å². The first-order chi connectivity index (χ1) is 17.4. The van der Waals surface area contributed by atoms with Crippen LogP contribution in [-0.2, 0) is 4.79 Å². The third kappa shape index (κ3) is 6.42. The Labute approximate surface area is 222 Å². The minimum Gasteiger partial charge on any atom is -0.367 e. The molecular formula is C28H29ClN4O2S. The van der Waals surface area contributed by atoms with Crippen LogP contribution in [0.3, 0.4) is 0 Å². The molecule has 3 aromatic rings. The minimum atomic E-state index is -0.287. The monoisotopic (exact) mass is 520 g/mol. The van der Waals surface area contributed by atoms with E-state index in [1.54, 1.807) is 18.2 Å². The predicted octanol–water partition coefficient (Wildman–Crippen LogP) is 5.58. The highest BCUT2D eigenvalue weighted by atomic mass is 35.5. The lowest BCUT2D eigenvalue weighted by atomic mass is 10.0. The van der Waals surface area contributed by atoms with Crippen molar-refractivity contribution in [3.8, 4) is 11.1 Å². The normalized spacial score (nSPS) is 13.3. The number of anilines is 2. The highest BCUT2D eigenvalue weighted by Gasteiger charge is 2.22. The summed E-state index contributed by atoms with van der Waals surface area (Å²) < 4.78 is 0. The first-order valence-electron chi connectivity index (χ1n) is 12.0. The number of piperazine rings is 1. The van der Waals surface area contributed by atoms with Crippen LogP contribution in [0.2, 0.25) is 5.02 Å². The van der Waals surface area contributed by atoms with E-state index in [4.69, 9.17) is 23.8 Å². The number of benzene rings is 3.